The van der Waals surface area contributed by atoms with Gasteiger partial charge in [-0.2, -0.15) is 0 Å². The van der Waals surface area contributed by atoms with Crippen molar-refractivity contribution < 1.29 is 14.3 Å². The zero-order valence-electron chi connectivity index (χ0n) is 19.1. The van der Waals surface area contributed by atoms with Gasteiger partial charge in [0.1, 0.15) is 5.75 Å². The average Bonchev–Trinajstić information content (AvgIpc) is 2.79. The lowest BCUT2D eigenvalue weighted by molar-refractivity contribution is -0.148. The quantitative estimate of drug-likeness (QED) is 0.304. The summed E-state index contributed by atoms with van der Waals surface area (Å²) in [6.07, 6.45) is 10.7. The number of ether oxygens (including phenoxy) is 2. The molecule has 0 spiro atoms. The lowest BCUT2D eigenvalue weighted by Crippen LogP contribution is -2.14. The summed E-state index contributed by atoms with van der Waals surface area (Å²) in [7, 11) is 0. The highest BCUT2D eigenvalue weighted by molar-refractivity contribution is 5.82. The Hall–Kier alpha value is -2.55. The van der Waals surface area contributed by atoms with Crippen LogP contribution in [0, 0.1) is 5.92 Å². The molecule has 1 aliphatic rings. The highest BCUT2D eigenvalue weighted by atomic mass is 16.5. The molecule has 0 radical (unpaired) electrons. The minimum absolute atomic E-state index is 0.000503. The summed E-state index contributed by atoms with van der Waals surface area (Å²) < 4.78 is 11.3. The van der Waals surface area contributed by atoms with Gasteiger partial charge in [-0.1, -0.05) is 56.3 Å². The molecule has 0 bridgehead atoms. The molecule has 0 amide bonds. The number of carbonyl (C=O) groups is 1. The zero-order chi connectivity index (χ0) is 21.9. The van der Waals surface area contributed by atoms with Crippen LogP contribution in [0.4, 0.5) is 0 Å². The number of hydrogen-bond acceptors (Lipinski definition) is 3. The van der Waals surface area contributed by atoms with Crippen LogP contribution in [0.3, 0.4) is 0 Å². The molecule has 2 aromatic rings. The molecule has 3 nitrogen and oxygen atoms in total. The third-order valence-electron chi connectivity index (χ3n) is 6.05. The fraction of sp³-hybridized carbons (Fsp3) is 0.464. The standard InChI is InChI=1S/C28H36O3/c1-3-22(2)28(29)31-19-11-5-10-18-30-27-17-16-26-20-24(23-12-6-4-7-13-23)14-8-9-15-25(26)21-27/h4,6-7,12-13,16-17,20-22H,3,5,8-11,14-15,18-19H2,1-2H3/b24-20+. The summed E-state index contributed by atoms with van der Waals surface area (Å²) >= 11 is 0. The third kappa shape index (κ3) is 7.27. The smallest absolute Gasteiger partial charge is 0.308 e. The van der Waals surface area contributed by atoms with Crippen molar-refractivity contribution >= 4 is 17.6 Å². The predicted octanol–water partition coefficient (Wildman–Crippen LogP) is 7.09. The zero-order valence-corrected chi connectivity index (χ0v) is 19.1. The summed E-state index contributed by atoms with van der Waals surface area (Å²) in [6, 6.07) is 17.2. The van der Waals surface area contributed by atoms with E-state index in [0.717, 1.165) is 44.3 Å². The van der Waals surface area contributed by atoms with E-state index in [4.69, 9.17) is 9.47 Å². The number of hydrogen-bond donors (Lipinski definition) is 0. The van der Waals surface area contributed by atoms with Gasteiger partial charge in [0.2, 0.25) is 0 Å². The van der Waals surface area contributed by atoms with Crippen LogP contribution in [0.5, 0.6) is 5.75 Å². The fourth-order valence-electron chi connectivity index (χ4n) is 3.85. The Kier molecular flexibility index (Phi) is 9.20. The number of rotatable bonds is 10. The second-order valence-corrected chi connectivity index (χ2v) is 8.49. The van der Waals surface area contributed by atoms with E-state index in [1.165, 1.54) is 35.1 Å². The van der Waals surface area contributed by atoms with Crippen LogP contribution in [0.25, 0.3) is 11.6 Å². The van der Waals surface area contributed by atoms with Gasteiger partial charge in [-0.25, -0.2) is 0 Å². The van der Waals surface area contributed by atoms with Crippen LogP contribution < -0.4 is 4.74 Å². The first kappa shape index (κ1) is 23.1. The molecule has 1 unspecified atom stereocenters. The lowest BCUT2D eigenvalue weighted by Gasteiger charge is -2.16. The van der Waals surface area contributed by atoms with Crippen molar-refractivity contribution in [2.24, 2.45) is 5.92 Å². The highest BCUT2D eigenvalue weighted by Gasteiger charge is 2.12. The molecule has 3 heteroatoms. The Morgan fingerprint density at radius 2 is 1.74 bits per heavy atom. The van der Waals surface area contributed by atoms with E-state index in [9.17, 15) is 4.79 Å². The fourth-order valence-corrected chi connectivity index (χ4v) is 3.85. The maximum absolute atomic E-state index is 11.7. The van der Waals surface area contributed by atoms with Crippen molar-refractivity contribution in [1.29, 1.82) is 0 Å². The van der Waals surface area contributed by atoms with Crippen molar-refractivity contribution in [2.75, 3.05) is 13.2 Å². The minimum atomic E-state index is -0.0796. The number of allylic oxidation sites excluding steroid dienone is 1. The largest absolute Gasteiger partial charge is 0.494 e. The van der Waals surface area contributed by atoms with E-state index in [0.29, 0.717) is 13.2 Å². The van der Waals surface area contributed by atoms with Crippen molar-refractivity contribution in [2.45, 2.75) is 65.2 Å². The van der Waals surface area contributed by atoms with Gasteiger partial charge in [0, 0.05) is 0 Å². The maximum atomic E-state index is 11.7. The van der Waals surface area contributed by atoms with Crippen LogP contribution in [0.15, 0.2) is 48.5 Å². The van der Waals surface area contributed by atoms with E-state index >= 15 is 0 Å². The lowest BCUT2D eigenvalue weighted by atomic mass is 9.91. The monoisotopic (exact) mass is 420 g/mol. The van der Waals surface area contributed by atoms with E-state index < -0.39 is 0 Å². The van der Waals surface area contributed by atoms with Gasteiger partial charge >= 0.3 is 5.97 Å². The third-order valence-corrected chi connectivity index (χ3v) is 6.05. The maximum Gasteiger partial charge on any atom is 0.308 e. The highest BCUT2D eigenvalue weighted by Crippen LogP contribution is 2.30. The molecule has 166 valence electrons. The predicted molar refractivity (Wildman–Crippen MR) is 128 cm³/mol. The van der Waals surface area contributed by atoms with Gasteiger partial charge in [-0.15, -0.1) is 0 Å². The second kappa shape index (κ2) is 12.3. The molecule has 31 heavy (non-hydrogen) atoms. The molecular formula is C28H36O3. The number of aryl methyl sites for hydroxylation is 1. The molecule has 0 aliphatic heterocycles. The summed E-state index contributed by atoms with van der Waals surface area (Å²) in [4.78, 5) is 11.7. The molecule has 0 aromatic heterocycles. The summed E-state index contributed by atoms with van der Waals surface area (Å²) in [5.41, 5.74) is 5.44. The Balaban J connectivity index is 1.48. The van der Waals surface area contributed by atoms with Gasteiger partial charge in [0.15, 0.2) is 0 Å². The number of fused-ring (bicyclic) bond motifs is 1. The summed E-state index contributed by atoms with van der Waals surface area (Å²) in [5.74, 6) is 0.876. The molecule has 0 N–H and O–H groups in total. The Morgan fingerprint density at radius 1 is 0.968 bits per heavy atom. The molecule has 0 heterocycles. The van der Waals surface area contributed by atoms with E-state index in [2.05, 4.69) is 54.6 Å². The summed E-state index contributed by atoms with van der Waals surface area (Å²) in [5, 5.41) is 0. The molecule has 1 atom stereocenters. The topological polar surface area (TPSA) is 35.5 Å². The van der Waals surface area contributed by atoms with Gasteiger partial charge < -0.3 is 9.47 Å². The van der Waals surface area contributed by atoms with Crippen LogP contribution in [0.1, 0.15) is 75.5 Å². The molecule has 0 fully saturated rings. The number of benzene rings is 2. The van der Waals surface area contributed by atoms with Crippen molar-refractivity contribution in [1.82, 2.24) is 0 Å². The van der Waals surface area contributed by atoms with Gasteiger partial charge in [0.05, 0.1) is 19.1 Å². The molecule has 2 aromatic carbocycles. The second-order valence-electron chi connectivity index (χ2n) is 8.49. The minimum Gasteiger partial charge on any atom is -0.494 e. The molecule has 1 aliphatic carbocycles. The normalized spacial score (nSPS) is 16.3. The average molecular weight is 421 g/mol. The van der Waals surface area contributed by atoms with Crippen LogP contribution in [-0.4, -0.2) is 19.2 Å². The van der Waals surface area contributed by atoms with Crippen molar-refractivity contribution in [3.05, 3.63) is 65.2 Å². The Labute approximate surface area is 187 Å². The van der Waals surface area contributed by atoms with Crippen LogP contribution in [0.2, 0.25) is 0 Å². The van der Waals surface area contributed by atoms with Crippen LogP contribution >= 0.6 is 0 Å². The first-order valence-electron chi connectivity index (χ1n) is 11.9. The molecular weight excluding hydrogens is 384 g/mol. The Bertz CT molecular complexity index is 854. The molecule has 3 rings (SSSR count). The van der Waals surface area contributed by atoms with E-state index in [1.54, 1.807) is 0 Å². The summed E-state index contributed by atoms with van der Waals surface area (Å²) in [6.45, 7) is 5.13. The molecule has 0 saturated heterocycles. The number of esters is 1. The van der Waals surface area contributed by atoms with Gasteiger partial charge in [0.25, 0.3) is 0 Å². The van der Waals surface area contributed by atoms with Gasteiger partial charge in [-0.05, 0) is 85.8 Å². The Morgan fingerprint density at radius 3 is 2.55 bits per heavy atom. The molecule has 0 saturated carbocycles. The van der Waals surface area contributed by atoms with Crippen molar-refractivity contribution in [3.8, 4) is 5.75 Å². The van der Waals surface area contributed by atoms with E-state index in [1.807, 2.05) is 13.8 Å². The first-order valence-corrected chi connectivity index (χ1v) is 11.9. The van der Waals surface area contributed by atoms with Crippen molar-refractivity contribution in [3.63, 3.8) is 0 Å². The number of unbranched alkanes of at least 4 members (excludes halogenated alkanes) is 2. The first-order chi connectivity index (χ1) is 15.2. The number of carbonyl (C=O) groups excluding carboxylic acids is 1. The van der Waals surface area contributed by atoms with Crippen LogP contribution in [-0.2, 0) is 16.0 Å². The van der Waals surface area contributed by atoms with E-state index in [-0.39, 0.29) is 11.9 Å². The SMILES string of the molecule is CCC(C)C(=O)OCCCCCOc1ccc2c(c1)CCCC/C(c1ccccc1)=C\2. The van der Waals surface area contributed by atoms with Gasteiger partial charge in [-0.3, -0.25) is 4.79 Å².